The number of halogens is 1. The summed E-state index contributed by atoms with van der Waals surface area (Å²) in [6.07, 6.45) is 0. The summed E-state index contributed by atoms with van der Waals surface area (Å²) in [6.45, 7) is 1.72. The number of pyridine rings is 1. The number of hydrogen-bond acceptors (Lipinski definition) is 5. The lowest BCUT2D eigenvalue weighted by Gasteiger charge is -2.08. The Hall–Kier alpha value is -2.70. The van der Waals surface area contributed by atoms with Crippen LogP contribution in [0.15, 0.2) is 30.3 Å². The lowest BCUT2D eigenvalue weighted by atomic mass is 10.2. The fourth-order valence-corrected chi connectivity index (χ4v) is 1.65. The lowest BCUT2D eigenvalue weighted by Crippen LogP contribution is -2.02. The van der Waals surface area contributed by atoms with Crippen LogP contribution in [-0.2, 0) is 0 Å². The summed E-state index contributed by atoms with van der Waals surface area (Å²) in [5.41, 5.74) is 6.33. The van der Waals surface area contributed by atoms with Gasteiger partial charge in [0.1, 0.15) is 11.6 Å². The molecular formula is C12H11FN4O2. The van der Waals surface area contributed by atoms with E-state index >= 15 is 0 Å². The number of aromatic nitrogens is 1. The number of anilines is 3. The number of nitrogens with one attached hydrogen (secondary N) is 1. The number of nitrogen functional groups attached to an aromatic ring is 1. The van der Waals surface area contributed by atoms with Gasteiger partial charge in [0.15, 0.2) is 0 Å². The minimum absolute atomic E-state index is 0.0185. The van der Waals surface area contributed by atoms with Crippen LogP contribution in [0.5, 0.6) is 0 Å². The van der Waals surface area contributed by atoms with E-state index in [1.54, 1.807) is 13.0 Å². The second-order valence-corrected chi connectivity index (χ2v) is 4.00. The number of aryl methyl sites for hydroxylation is 1. The van der Waals surface area contributed by atoms with E-state index in [2.05, 4.69) is 10.3 Å². The zero-order chi connectivity index (χ0) is 14.0. The number of hydrogen-bond donors (Lipinski definition) is 2. The van der Waals surface area contributed by atoms with Crippen molar-refractivity contribution < 1.29 is 9.31 Å². The van der Waals surface area contributed by atoms with Gasteiger partial charge in [-0.05, 0) is 36.8 Å². The summed E-state index contributed by atoms with van der Waals surface area (Å²) in [4.78, 5) is 14.1. The average Bonchev–Trinajstić information content (AvgIpc) is 2.26. The van der Waals surface area contributed by atoms with Gasteiger partial charge in [0, 0.05) is 11.8 Å². The molecule has 0 aliphatic carbocycles. The van der Waals surface area contributed by atoms with Crippen molar-refractivity contribution in [2.24, 2.45) is 0 Å². The minimum Gasteiger partial charge on any atom is -0.384 e. The Morgan fingerprint density at radius 2 is 2.11 bits per heavy atom. The molecule has 0 radical (unpaired) electrons. The molecule has 3 N–H and O–H groups in total. The third-order valence-electron chi connectivity index (χ3n) is 2.40. The predicted octanol–water partition coefficient (Wildman–Crippen LogP) is 2.76. The van der Waals surface area contributed by atoms with Gasteiger partial charge in [-0.25, -0.2) is 9.37 Å². The van der Waals surface area contributed by atoms with Crippen LogP contribution in [0.2, 0.25) is 0 Å². The molecule has 0 unspecified atom stereocenters. The van der Waals surface area contributed by atoms with Crippen LogP contribution in [0.3, 0.4) is 0 Å². The summed E-state index contributed by atoms with van der Waals surface area (Å²) in [5.74, 6) is -0.315. The molecule has 0 bridgehead atoms. The third-order valence-corrected chi connectivity index (χ3v) is 2.40. The first kappa shape index (κ1) is 12.7. The maximum atomic E-state index is 13.3. The summed E-state index contributed by atoms with van der Waals surface area (Å²) in [7, 11) is 0. The molecule has 98 valence electrons. The molecule has 6 nitrogen and oxygen atoms in total. The Kier molecular flexibility index (Phi) is 3.28. The first-order valence-corrected chi connectivity index (χ1v) is 5.41. The van der Waals surface area contributed by atoms with Gasteiger partial charge in [0.2, 0.25) is 5.82 Å². The number of nitro groups is 1. The van der Waals surface area contributed by atoms with Gasteiger partial charge in [-0.2, -0.15) is 0 Å². The zero-order valence-corrected chi connectivity index (χ0v) is 10.1. The Labute approximate surface area is 108 Å². The Morgan fingerprint density at radius 3 is 2.74 bits per heavy atom. The van der Waals surface area contributed by atoms with Crippen molar-refractivity contribution in [2.75, 3.05) is 11.1 Å². The van der Waals surface area contributed by atoms with Crippen molar-refractivity contribution >= 4 is 23.0 Å². The zero-order valence-electron chi connectivity index (χ0n) is 10.1. The molecule has 1 aromatic carbocycles. The summed E-state index contributed by atoms with van der Waals surface area (Å²) >= 11 is 0. The molecule has 1 aromatic heterocycles. The number of nitrogens with two attached hydrogens (primary N) is 1. The van der Waals surface area contributed by atoms with E-state index in [9.17, 15) is 14.5 Å². The van der Waals surface area contributed by atoms with Crippen molar-refractivity contribution in [3.63, 3.8) is 0 Å². The van der Waals surface area contributed by atoms with Gasteiger partial charge in [0.25, 0.3) is 0 Å². The fraction of sp³-hybridized carbons (Fsp3) is 0.0833. The van der Waals surface area contributed by atoms with Crippen LogP contribution in [0.4, 0.5) is 27.4 Å². The maximum Gasteiger partial charge on any atom is 0.311 e. The largest absolute Gasteiger partial charge is 0.384 e. The molecule has 0 spiro atoms. The van der Waals surface area contributed by atoms with E-state index in [1.165, 1.54) is 24.3 Å². The molecular weight excluding hydrogens is 251 g/mol. The normalized spacial score (nSPS) is 10.2. The van der Waals surface area contributed by atoms with Gasteiger partial charge < -0.3 is 11.1 Å². The Balaban J connectivity index is 2.42. The van der Waals surface area contributed by atoms with Crippen LogP contribution in [-0.4, -0.2) is 9.91 Å². The van der Waals surface area contributed by atoms with Gasteiger partial charge >= 0.3 is 5.69 Å². The molecule has 1 heterocycles. The molecule has 19 heavy (non-hydrogen) atoms. The highest BCUT2D eigenvalue weighted by Crippen LogP contribution is 2.27. The third kappa shape index (κ3) is 2.95. The van der Waals surface area contributed by atoms with E-state index in [-0.39, 0.29) is 17.3 Å². The van der Waals surface area contributed by atoms with Crippen molar-refractivity contribution in [1.29, 1.82) is 0 Å². The van der Waals surface area contributed by atoms with Gasteiger partial charge in [-0.1, -0.05) is 0 Å². The fourth-order valence-electron chi connectivity index (χ4n) is 1.65. The molecule has 0 aliphatic rings. The van der Waals surface area contributed by atoms with Crippen LogP contribution in [0.1, 0.15) is 5.56 Å². The highest BCUT2D eigenvalue weighted by Gasteiger charge is 2.15. The quantitative estimate of drug-likeness (QED) is 0.655. The minimum atomic E-state index is -0.582. The van der Waals surface area contributed by atoms with Crippen LogP contribution in [0.25, 0.3) is 0 Å². The van der Waals surface area contributed by atoms with E-state index in [0.717, 1.165) is 0 Å². The smallest absolute Gasteiger partial charge is 0.311 e. The second-order valence-electron chi connectivity index (χ2n) is 4.00. The van der Waals surface area contributed by atoms with Gasteiger partial charge in [-0.15, -0.1) is 0 Å². The number of nitrogens with zero attached hydrogens (tertiary/aromatic N) is 2. The Bertz CT molecular complexity index is 625. The number of benzene rings is 1. The second kappa shape index (κ2) is 4.89. The Morgan fingerprint density at radius 1 is 1.37 bits per heavy atom. The molecule has 0 amide bonds. The topological polar surface area (TPSA) is 94.1 Å². The van der Waals surface area contributed by atoms with Crippen molar-refractivity contribution in [2.45, 2.75) is 6.92 Å². The molecule has 2 aromatic rings. The first-order chi connectivity index (χ1) is 8.95. The van der Waals surface area contributed by atoms with Crippen molar-refractivity contribution in [3.8, 4) is 0 Å². The number of rotatable bonds is 3. The lowest BCUT2D eigenvalue weighted by molar-refractivity contribution is -0.384. The van der Waals surface area contributed by atoms with Crippen LogP contribution >= 0.6 is 0 Å². The summed E-state index contributed by atoms with van der Waals surface area (Å²) in [5, 5.41) is 13.6. The van der Waals surface area contributed by atoms with Crippen LogP contribution in [0, 0.1) is 22.9 Å². The van der Waals surface area contributed by atoms with Crippen molar-refractivity contribution in [1.82, 2.24) is 4.98 Å². The molecule has 0 saturated carbocycles. The molecule has 2 rings (SSSR count). The highest BCUT2D eigenvalue weighted by atomic mass is 19.1. The molecule has 0 fully saturated rings. The monoisotopic (exact) mass is 262 g/mol. The molecule has 7 heteroatoms. The van der Waals surface area contributed by atoms with E-state index in [4.69, 9.17) is 5.73 Å². The SMILES string of the molecule is Cc1cc(F)cc(Nc2nc(N)ccc2[N+](=O)[O-])c1. The van der Waals surface area contributed by atoms with Gasteiger partial charge in [0.05, 0.1) is 4.92 Å². The molecule has 0 atom stereocenters. The van der Waals surface area contributed by atoms with E-state index < -0.39 is 10.7 Å². The van der Waals surface area contributed by atoms with E-state index in [1.807, 2.05) is 0 Å². The maximum absolute atomic E-state index is 13.3. The summed E-state index contributed by atoms with van der Waals surface area (Å²) in [6, 6.07) is 6.81. The van der Waals surface area contributed by atoms with Gasteiger partial charge in [-0.3, -0.25) is 10.1 Å². The first-order valence-electron chi connectivity index (χ1n) is 5.41. The standard InChI is InChI=1S/C12H11FN4O2/c1-7-4-8(13)6-9(5-7)15-12-10(17(18)19)2-3-11(14)16-12/h2-6H,1H3,(H3,14,15,16). The van der Waals surface area contributed by atoms with E-state index in [0.29, 0.717) is 11.3 Å². The van der Waals surface area contributed by atoms with Crippen molar-refractivity contribution in [3.05, 3.63) is 51.8 Å². The molecule has 0 saturated heterocycles. The van der Waals surface area contributed by atoms with Crippen LogP contribution < -0.4 is 11.1 Å². The average molecular weight is 262 g/mol. The predicted molar refractivity (Wildman–Crippen MR) is 69.7 cm³/mol. The molecule has 0 aliphatic heterocycles. The highest BCUT2D eigenvalue weighted by molar-refractivity contribution is 5.67. The summed E-state index contributed by atoms with van der Waals surface area (Å²) < 4.78 is 13.3.